The van der Waals surface area contributed by atoms with Gasteiger partial charge in [-0.15, -0.1) is 0 Å². The monoisotopic (exact) mass is 345 g/mol. The Kier molecular flexibility index (Phi) is 4.50. The molecule has 1 aromatic carbocycles. The fourth-order valence-electron chi connectivity index (χ4n) is 2.32. The molecule has 1 saturated heterocycles. The smallest absolute Gasteiger partial charge is 0.0574 e. The zero-order chi connectivity index (χ0) is 12.3. The average Bonchev–Trinajstić information content (AvgIpc) is 2.76. The van der Waals surface area contributed by atoms with Crippen molar-refractivity contribution in [3.8, 4) is 0 Å². The second-order valence-corrected chi connectivity index (χ2v) is 5.91. The van der Waals surface area contributed by atoms with Crippen LogP contribution in [0.3, 0.4) is 0 Å². The molecule has 3 nitrogen and oxygen atoms in total. The minimum Gasteiger partial charge on any atom is -0.397 e. The number of nitrogens with two attached hydrogens (primary N) is 1. The standard InChI is InChI=1S/C13H20IN3/c1-2-17-6-5-10(9-17)8-16-13-4-3-11(14)7-12(13)15/h3-4,7,10,16H,2,5-6,8-9,15H2,1H3. The van der Waals surface area contributed by atoms with Gasteiger partial charge in [0, 0.05) is 16.7 Å². The molecule has 0 aliphatic carbocycles. The van der Waals surface area contributed by atoms with Crippen LogP contribution in [-0.4, -0.2) is 31.1 Å². The van der Waals surface area contributed by atoms with Gasteiger partial charge in [0.1, 0.15) is 0 Å². The van der Waals surface area contributed by atoms with Crippen LogP contribution in [0.1, 0.15) is 13.3 Å². The number of rotatable bonds is 4. The molecular weight excluding hydrogens is 325 g/mol. The van der Waals surface area contributed by atoms with E-state index in [1.165, 1.54) is 29.6 Å². The van der Waals surface area contributed by atoms with Crippen molar-refractivity contribution in [3.05, 3.63) is 21.8 Å². The van der Waals surface area contributed by atoms with Gasteiger partial charge in [0.25, 0.3) is 0 Å². The summed E-state index contributed by atoms with van der Waals surface area (Å²) in [5.41, 5.74) is 7.90. The van der Waals surface area contributed by atoms with Gasteiger partial charge < -0.3 is 16.0 Å². The van der Waals surface area contributed by atoms with Crippen LogP contribution in [-0.2, 0) is 0 Å². The Balaban J connectivity index is 1.86. The summed E-state index contributed by atoms with van der Waals surface area (Å²) in [5.74, 6) is 0.758. The minimum atomic E-state index is 0.758. The van der Waals surface area contributed by atoms with E-state index in [2.05, 4.69) is 51.9 Å². The van der Waals surface area contributed by atoms with Crippen molar-refractivity contribution >= 4 is 34.0 Å². The Labute approximate surface area is 117 Å². The van der Waals surface area contributed by atoms with Crippen molar-refractivity contribution in [3.63, 3.8) is 0 Å². The molecule has 0 aromatic heterocycles. The van der Waals surface area contributed by atoms with E-state index in [1.807, 2.05) is 6.07 Å². The predicted molar refractivity (Wildman–Crippen MR) is 82.3 cm³/mol. The number of anilines is 2. The summed E-state index contributed by atoms with van der Waals surface area (Å²) in [6.45, 7) is 6.88. The molecule has 0 bridgehead atoms. The highest BCUT2D eigenvalue weighted by Gasteiger charge is 2.20. The van der Waals surface area contributed by atoms with Gasteiger partial charge in [-0.05, 0) is 66.2 Å². The molecule has 1 aromatic rings. The summed E-state index contributed by atoms with van der Waals surface area (Å²) < 4.78 is 1.18. The first-order chi connectivity index (χ1) is 8.19. The molecule has 0 amide bonds. The molecule has 0 saturated carbocycles. The normalized spacial score (nSPS) is 20.7. The van der Waals surface area contributed by atoms with Crippen molar-refractivity contribution in [1.29, 1.82) is 0 Å². The van der Waals surface area contributed by atoms with E-state index in [9.17, 15) is 0 Å². The van der Waals surface area contributed by atoms with Gasteiger partial charge in [-0.25, -0.2) is 0 Å². The van der Waals surface area contributed by atoms with Gasteiger partial charge in [0.15, 0.2) is 0 Å². The van der Waals surface area contributed by atoms with Crippen LogP contribution in [0.5, 0.6) is 0 Å². The van der Waals surface area contributed by atoms with E-state index in [0.29, 0.717) is 0 Å². The summed E-state index contributed by atoms with van der Waals surface area (Å²) in [6, 6.07) is 6.17. The molecule has 2 rings (SSSR count). The second-order valence-electron chi connectivity index (χ2n) is 4.66. The molecular formula is C13H20IN3. The molecule has 94 valence electrons. The first-order valence-electron chi connectivity index (χ1n) is 6.20. The van der Waals surface area contributed by atoms with Crippen molar-refractivity contribution in [1.82, 2.24) is 4.90 Å². The number of nitrogens with one attached hydrogen (secondary N) is 1. The molecule has 17 heavy (non-hydrogen) atoms. The third kappa shape index (κ3) is 3.48. The lowest BCUT2D eigenvalue weighted by atomic mass is 10.1. The molecule has 1 aliphatic rings. The first kappa shape index (κ1) is 13.0. The van der Waals surface area contributed by atoms with E-state index in [1.54, 1.807) is 0 Å². The Morgan fingerprint density at radius 1 is 1.53 bits per heavy atom. The maximum absolute atomic E-state index is 5.98. The summed E-state index contributed by atoms with van der Waals surface area (Å²) in [7, 11) is 0. The Bertz CT molecular complexity index is 381. The molecule has 1 unspecified atom stereocenters. The highest BCUT2D eigenvalue weighted by atomic mass is 127. The quantitative estimate of drug-likeness (QED) is 0.651. The molecule has 4 heteroatoms. The highest BCUT2D eigenvalue weighted by molar-refractivity contribution is 14.1. The maximum Gasteiger partial charge on any atom is 0.0574 e. The summed E-state index contributed by atoms with van der Waals surface area (Å²) in [6.07, 6.45) is 1.30. The fraction of sp³-hybridized carbons (Fsp3) is 0.538. The fourth-order valence-corrected chi connectivity index (χ4v) is 2.83. The van der Waals surface area contributed by atoms with Crippen LogP contribution >= 0.6 is 22.6 Å². The largest absolute Gasteiger partial charge is 0.397 e. The van der Waals surface area contributed by atoms with Crippen molar-refractivity contribution in [2.45, 2.75) is 13.3 Å². The van der Waals surface area contributed by atoms with Gasteiger partial charge in [-0.1, -0.05) is 6.92 Å². The SMILES string of the molecule is CCN1CCC(CNc2ccc(I)cc2N)C1. The molecule has 1 atom stereocenters. The van der Waals surface area contributed by atoms with E-state index < -0.39 is 0 Å². The van der Waals surface area contributed by atoms with Crippen LogP contribution in [0, 0.1) is 9.49 Å². The lowest BCUT2D eigenvalue weighted by molar-refractivity contribution is 0.345. The third-order valence-corrected chi connectivity index (χ3v) is 4.08. The topological polar surface area (TPSA) is 41.3 Å². The van der Waals surface area contributed by atoms with Crippen LogP contribution < -0.4 is 11.1 Å². The van der Waals surface area contributed by atoms with Crippen molar-refractivity contribution < 1.29 is 0 Å². The van der Waals surface area contributed by atoms with Crippen LogP contribution in [0.15, 0.2) is 18.2 Å². The van der Waals surface area contributed by atoms with Crippen LogP contribution in [0.4, 0.5) is 11.4 Å². The maximum atomic E-state index is 5.98. The van der Waals surface area contributed by atoms with Gasteiger partial charge >= 0.3 is 0 Å². The number of halogens is 1. The van der Waals surface area contributed by atoms with E-state index in [0.717, 1.165) is 23.8 Å². The Morgan fingerprint density at radius 3 is 3.00 bits per heavy atom. The van der Waals surface area contributed by atoms with Gasteiger partial charge in [-0.3, -0.25) is 0 Å². The van der Waals surface area contributed by atoms with E-state index in [4.69, 9.17) is 5.73 Å². The average molecular weight is 345 g/mol. The molecule has 0 spiro atoms. The predicted octanol–water partition coefficient (Wildman–Crippen LogP) is 2.63. The van der Waals surface area contributed by atoms with E-state index in [-0.39, 0.29) is 0 Å². The zero-order valence-electron chi connectivity index (χ0n) is 10.2. The Hall–Kier alpha value is -0.490. The molecule has 1 heterocycles. The number of likely N-dealkylation sites (tertiary alicyclic amines) is 1. The molecule has 3 N–H and O–H groups in total. The van der Waals surface area contributed by atoms with Crippen LogP contribution in [0.25, 0.3) is 0 Å². The number of nitrogen functional groups attached to an aromatic ring is 1. The second kappa shape index (κ2) is 5.91. The van der Waals surface area contributed by atoms with Gasteiger partial charge in [0.2, 0.25) is 0 Å². The number of benzene rings is 1. The van der Waals surface area contributed by atoms with Crippen LogP contribution in [0.2, 0.25) is 0 Å². The summed E-state index contributed by atoms with van der Waals surface area (Å²) in [4.78, 5) is 2.50. The highest BCUT2D eigenvalue weighted by Crippen LogP contribution is 2.22. The lowest BCUT2D eigenvalue weighted by Gasteiger charge is -2.15. The molecule has 1 aliphatic heterocycles. The zero-order valence-corrected chi connectivity index (χ0v) is 12.4. The number of hydrogen-bond donors (Lipinski definition) is 2. The number of hydrogen-bond acceptors (Lipinski definition) is 3. The third-order valence-electron chi connectivity index (χ3n) is 3.41. The summed E-state index contributed by atoms with van der Waals surface area (Å²) in [5, 5.41) is 3.47. The number of nitrogens with zero attached hydrogens (tertiary/aromatic N) is 1. The minimum absolute atomic E-state index is 0.758. The van der Waals surface area contributed by atoms with Crippen molar-refractivity contribution in [2.24, 2.45) is 5.92 Å². The molecule has 1 fully saturated rings. The van der Waals surface area contributed by atoms with Gasteiger partial charge in [-0.2, -0.15) is 0 Å². The Morgan fingerprint density at radius 2 is 2.35 bits per heavy atom. The van der Waals surface area contributed by atoms with Gasteiger partial charge in [0.05, 0.1) is 11.4 Å². The molecule has 0 radical (unpaired) electrons. The lowest BCUT2D eigenvalue weighted by Crippen LogP contribution is -2.22. The van der Waals surface area contributed by atoms with E-state index >= 15 is 0 Å². The van der Waals surface area contributed by atoms with Crippen molar-refractivity contribution in [2.75, 3.05) is 37.2 Å². The summed E-state index contributed by atoms with van der Waals surface area (Å²) >= 11 is 2.28. The first-order valence-corrected chi connectivity index (χ1v) is 7.28.